The maximum absolute atomic E-state index is 12.8. The molecule has 186 valence electrons. The Hall–Kier alpha value is -4.04. The zero-order valence-electron chi connectivity index (χ0n) is 20.1. The van der Waals surface area contributed by atoms with Crippen molar-refractivity contribution >= 4 is 40.8 Å². The molecule has 3 aromatic rings. The molecule has 0 heterocycles. The molecule has 0 atom stereocenters. The zero-order chi connectivity index (χ0) is 25.8. The van der Waals surface area contributed by atoms with Crippen LogP contribution in [0.5, 0.6) is 0 Å². The van der Waals surface area contributed by atoms with E-state index < -0.39 is 11.9 Å². The fourth-order valence-corrected chi connectivity index (χ4v) is 3.63. The van der Waals surface area contributed by atoms with Gasteiger partial charge in [0.15, 0.2) is 5.11 Å². The SMILES string of the molecule is CN(C(=S)NC(=O)CCC(=O)OCCc1ccccc1)c1ccccc1C(=O)NCc1ccccc1. The molecule has 0 fully saturated rings. The Morgan fingerprint density at radius 2 is 1.44 bits per heavy atom. The molecule has 0 saturated heterocycles. The summed E-state index contributed by atoms with van der Waals surface area (Å²) in [6.07, 6.45) is 0.509. The number of para-hydroxylation sites is 1. The molecule has 0 radical (unpaired) electrons. The van der Waals surface area contributed by atoms with Gasteiger partial charge in [-0.15, -0.1) is 0 Å². The molecule has 36 heavy (non-hydrogen) atoms. The summed E-state index contributed by atoms with van der Waals surface area (Å²) >= 11 is 5.37. The molecular formula is C28H29N3O4S. The van der Waals surface area contributed by atoms with Crippen LogP contribution in [0.4, 0.5) is 5.69 Å². The van der Waals surface area contributed by atoms with Gasteiger partial charge in [0.05, 0.1) is 24.3 Å². The number of amides is 2. The number of thiocarbonyl (C=S) groups is 1. The molecule has 2 amide bonds. The fraction of sp³-hybridized carbons (Fsp3) is 0.214. The van der Waals surface area contributed by atoms with Crippen LogP contribution in [-0.4, -0.2) is 36.6 Å². The van der Waals surface area contributed by atoms with Crippen LogP contribution < -0.4 is 15.5 Å². The molecule has 3 rings (SSSR count). The Bertz CT molecular complexity index is 1190. The van der Waals surface area contributed by atoms with Crippen molar-refractivity contribution in [2.75, 3.05) is 18.6 Å². The minimum absolute atomic E-state index is 0.0502. The van der Waals surface area contributed by atoms with Gasteiger partial charge in [-0.2, -0.15) is 0 Å². The number of esters is 1. The summed E-state index contributed by atoms with van der Waals surface area (Å²) in [5.74, 6) is -1.10. The summed E-state index contributed by atoms with van der Waals surface area (Å²) in [5, 5.41) is 5.65. The summed E-state index contributed by atoms with van der Waals surface area (Å²) in [6, 6.07) is 26.3. The first-order chi connectivity index (χ1) is 17.4. The van der Waals surface area contributed by atoms with E-state index in [1.54, 1.807) is 36.2 Å². The summed E-state index contributed by atoms with van der Waals surface area (Å²) in [6.45, 7) is 0.648. The van der Waals surface area contributed by atoms with E-state index in [1.807, 2.05) is 60.7 Å². The van der Waals surface area contributed by atoms with E-state index in [-0.39, 0.29) is 30.5 Å². The van der Waals surface area contributed by atoms with Crippen LogP contribution in [0.2, 0.25) is 0 Å². The third-order valence-corrected chi connectivity index (χ3v) is 5.79. The van der Waals surface area contributed by atoms with E-state index in [0.717, 1.165) is 11.1 Å². The van der Waals surface area contributed by atoms with E-state index in [9.17, 15) is 14.4 Å². The first kappa shape index (κ1) is 26.6. The molecule has 0 aliphatic heterocycles. The second kappa shape index (κ2) is 13.7. The molecular weight excluding hydrogens is 474 g/mol. The topological polar surface area (TPSA) is 87.7 Å². The molecule has 0 spiro atoms. The lowest BCUT2D eigenvalue weighted by molar-refractivity contribution is -0.144. The summed E-state index contributed by atoms with van der Waals surface area (Å²) in [7, 11) is 1.67. The predicted molar refractivity (Wildman–Crippen MR) is 144 cm³/mol. The van der Waals surface area contributed by atoms with Crippen LogP contribution in [0.1, 0.15) is 34.3 Å². The molecule has 2 N–H and O–H groups in total. The second-order valence-corrected chi connectivity index (χ2v) is 8.44. The van der Waals surface area contributed by atoms with Crippen molar-refractivity contribution < 1.29 is 19.1 Å². The number of anilines is 1. The highest BCUT2D eigenvalue weighted by Crippen LogP contribution is 2.19. The summed E-state index contributed by atoms with van der Waals surface area (Å²) in [4.78, 5) is 38.7. The Balaban J connectivity index is 1.46. The quantitative estimate of drug-likeness (QED) is 0.321. The molecule has 0 bridgehead atoms. The highest BCUT2D eigenvalue weighted by atomic mass is 32.1. The van der Waals surface area contributed by atoms with Crippen molar-refractivity contribution in [1.29, 1.82) is 0 Å². The van der Waals surface area contributed by atoms with Gasteiger partial charge < -0.3 is 20.3 Å². The summed E-state index contributed by atoms with van der Waals surface area (Å²) < 4.78 is 5.21. The molecule has 0 aliphatic rings. The number of nitrogens with one attached hydrogen (secondary N) is 2. The average Bonchev–Trinajstić information content (AvgIpc) is 2.91. The van der Waals surface area contributed by atoms with Gasteiger partial charge in [0, 0.05) is 26.4 Å². The number of hydrogen-bond acceptors (Lipinski definition) is 5. The molecule has 0 aromatic heterocycles. The van der Waals surface area contributed by atoms with Crippen LogP contribution >= 0.6 is 12.2 Å². The van der Waals surface area contributed by atoms with E-state index in [2.05, 4.69) is 10.6 Å². The average molecular weight is 504 g/mol. The molecule has 0 aliphatic carbocycles. The number of rotatable bonds is 10. The monoisotopic (exact) mass is 503 g/mol. The second-order valence-electron chi connectivity index (χ2n) is 8.05. The van der Waals surface area contributed by atoms with Gasteiger partial charge >= 0.3 is 5.97 Å². The Kier molecular flexibility index (Phi) is 10.1. The molecule has 3 aromatic carbocycles. The van der Waals surface area contributed by atoms with Gasteiger partial charge in [0.2, 0.25) is 5.91 Å². The third-order valence-electron chi connectivity index (χ3n) is 5.41. The van der Waals surface area contributed by atoms with E-state index in [1.165, 1.54) is 0 Å². The highest BCUT2D eigenvalue weighted by molar-refractivity contribution is 7.80. The lowest BCUT2D eigenvalue weighted by Crippen LogP contribution is -2.41. The number of ether oxygens (including phenoxy) is 1. The lowest BCUT2D eigenvalue weighted by Gasteiger charge is -2.23. The number of carbonyl (C=O) groups is 3. The standard InChI is InChI=1S/C28H29N3O4S/c1-31(24-15-9-8-14-23(24)27(34)29-20-22-12-6-3-7-13-22)28(36)30-25(32)16-17-26(33)35-19-18-21-10-4-2-5-11-21/h2-15H,16-20H2,1H3,(H,29,34)(H,30,32,36). The predicted octanol–water partition coefficient (Wildman–Crippen LogP) is 4.02. The summed E-state index contributed by atoms with van der Waals surface area (Å²) in [5.41, 5.74) is 3.03. The number of nitrogens with zero attached hydrogens (tertiary/aromatic N) is 1. The molecule has 7 nitrogen and oxygen atoms in total. The maximum atomic E-state index is 12.8. The Morgan fingerprint density at radius 3 is 2.14 bits per heavy atom. The Labute approximate surface area is 216 Å². The number of carbonyl (C=O) groups excluding carboxylic acids is 3. The van der Waals surface area contributed by atoms with Crippen molar-refractivity contribution in [1.82, 2.24) is 10.6 Å². The first-order valence-corrected chi connectivity index (χ1v) is 12.0. The largest absolute Gasteiger partial charge is 0.465 e. The minimum Gasteiger partial charge on any atom is -0.465 e. The first-order valence-electron chi connectivity index (χ1n) is 11.6. The van der Waals surface area contributed by atoms with Gasteiger partial charge in [-0.05, 0) is 35.5 Å². The lowest BCUT2D eigenvalue weighted by atomic mass is 10.1. The number of hydrogen-bond donors (Lipinski definition) is 2. The smallest absolute Gasteiger partial charge is 0.306 e. The van der Waals surface area contributed by atoms with E-state index in [4.69, 9.17) is 17.0 Å². The minimum atomic E-state index is -0.444. The normalized spacial score (nSPS) is 10.2. The zero-order valence-corrected chi connectivity index (χ0v) is 20.9. The molecule has 0 unspecified atom stereocenters. The van der Waals surface area contributed by atoms with Crippen molar-refractivity contribution in [3.63, 3.8) is 0 Å². The van der Waals surface area contributed by atoms with Gasteiger partial charge in [-0.1, -0.05) is 72.8 Å². The maximum Gasteiger partial charge on any atom is 0.306 e. The molecule has 0 saturated carbocycles. The van der Waals surface area contributed by atoms with Crippen LogP contribution in [-0.2, 0) is 27.3 Å². The van der Waals surface area contributed by atoms with Crippen molar-refractivity contribution in [3.05, 3.63) is 102 Å². The van der Waals surface area contributed by atoms with Crippen molar-refractivity contribution in [2.45, 2.75) is 25.8 Å². The Morgan fingerprint density at radius 1 is 0.833 bits per heavy atom. The van der Waals surface area contributed by atoms with Crippen molar-refractivity contribution in [3.8, 4) is 0 Å². The van der Waals surface area contributed by atoms with Gasteiger partial charge in [0.25, 0.3) is 5.91 Å². The van der Waals surface area contributed by atoms with Crippen LogP contribution in [0, 0.1) is 0 Å². The van der Waals surface area contributed by atoms with E-state index >= 15 is 0 Å². The fourth-order valence-electron chi connectivity index (χ4n) is 3.42. The van der Waals surface area contributed by atoms with Gasteiger partial charge in [-0.3, -0.25) is 14.4 Å². The van der Waals surface area contributed by atoms with Crippen LogP contribution in [0.15, 0.2) is 84.9 Å². The van der Waals surface area contributed by atoms with Crippen LogP contribution in [0.3, 0.4) is 0 Å². The van der Waals surface area contributed by atoms with Crippen molar-refractivity contribution in [2.24, 2.45) is 0 Å². The van der Waals surface area contributed by atoms with Gasteiger partial charge in [0.1, 0.15) is 0 Å². The van der Waals surface area contributed by atoms with Gasteiger partial charge in [-0.25, -0.2) is 0 Å². The van der Waals surface area contributed by atoms with E-state index in [0.29, 0.717) is 24.2 Å². The highest BCUT2D eigenvalue weighted by Gasteiger charge is 2.18. The third kappa shape index (κ3) is 8.32. The number of benzene rings is 3. The molecule has 8 heteroatoms. The van der Waals surface area contributed by atoms with Crippen LogP contribution in [0.25, 0.3) is 0 Å².